The van der Waals surface area contributed by atoms with Gasteiger partial charge in [0.2, 0.25) is 5.95 Å². The minimum absolute atomic E-state index is 0.102. The van der Waals surface area contributed by atoms with Crippen LogP contribution < -0.4 is 20.1 Å². The van der Waals surface area contributed by atoms with E-state index < -0.39 is 0 Å². The maximum Gasteiger partial charge on any atom is 0.254 e. The third-order valence-corrected chi connectivity index (χ3v) is 6.18. The zero-order valence-electron chi connectivity index (χ0n) is 18.0. The summed E-state index contributed by atoms with van der Waals surface area (Å²) in [5, 5.41) is 0. The van der Waals surface area contributed by atoms with Gasteiger partial charge in [-0.15, -0.1) is 0 Å². The van der Waals surface area contributed by atoms with Gasteiger partial charge in [-0.05, 0) is 43.2 Å². The van der Waals surface area contributed by atoms with Gasteiger partial charge in [-0.25, -0.2) is 0 Å². The molecular formula is C23H32N4O3. The second-order valence-electron chi connectivity index (χ2n) is 8.37. The predicted octanol–water partition coefficient (Wildman–Crippen LogP) is 2.85. The molecule has 0 aliphatic carbocycles. The van der Waals surface area contributed by atoms with Gasteiger partial charge in [0.25, 0.3) is 5.56 Å². The molecule has 2 aliphatic heterocycles. The van der Waals surface area contributed by atoms with E-state index in [0.717, 1.165) is 50.5 Å². The van der Waals surface area contributed by atoms with Crippen molar-refractivity contribution >= 4 is 11.8 Å². The lowest BCUT2D eigenvalue weighted by Gasteiger charge is -2.33. The van der Waals surface area contributed by atoms with Gasteiger partial charge in [-0.1, -0.05) is 25.1 Å². The Bertz CT molecular complexity index is 894. The Hall–Kier alpha value is -2.54. The van der Waals surface area contributed by atoms with Crippen molar-refractivity contribution in [3.05, 3.63) is 46.2 Å². The van der Waals surface area contributed by atoms with Gasteiger partial charge < -0.3 is 19.3 Å². The Kier molecular flexibility index (Phi) is 6.57. The van der Waals surface area contributed by atoms with Crippen LogP contribution in [-0.4, -0.2) is 56.0 Å². The molecule has 0 radical (unpaired) electrons. The number of aromatic nitrogens is 2. The largest absolute Gasteiger partial charge is 0.496 e. The fourth-order valence-corrected chi connectivity index (χ4v) is 4.62. The summed E-state index contributed by atoms with van der Waals surface area (Å²) in [7, 11) is 1.72. The van der Waals surface area contributed by atoms with E-state index in [-0.39, 0.29) is 11.6 Å². The summed E-state index contributed by atoms with van der Waals surface area (Å²) in [6.07, 6.45) is 4.20. The standard InChI is InChI=1S/C23H32N4O3/c1-17-6-5-9-27(19(14-17)15-18-7-3-4-8-20(18)29-2)23-24-21(16-22(28)25-23)26-10-12-30-13-11-26/h3-4,7-8,16-17,19H,5-6,9-15H2,1-2H3,(H,24,25,28)/t17-,19+/m0/s1. The summed E-state index contributed by atoms with van der Waals surface area (Å²) in [6, 6.07) is 10.1. The number of ether oxygens (including phenoxy) is 2. The molecule has 1 aromatic carbocycles. The monoisotopic (exact) mass is 412 g/mol. The number of aromatic amines is 1. The van der Waals surface area contributed by atoms with Crippen molar-refractivity contribution in [2.45, 2.75) is 38.6 Å². The second kappa shape index (κ2) is 9.51. The molecule has 4 rings (SSSR count). The van der Waals surface area contributed by atoms with Crippen LogP contribution in [0.25, 0.3) is 0 Å². The van der Waals surface area contributed by atoms with E-state index in [4.69, 9.17) is 14.5 Å². The number of nitrogens with one attached hydrogen (secondary N) is 1. The molecular weight excluding hydrogens is 380 g/mol. The van der Waals surface area contributed by atoms with Crippen molar-refractivity contribution in [1.82, 2.24) is 9.97 Å². The lowest BCUT2D eigenvalue weighted by molar-refractivity contribution is 0.122. The van der Waals surface area contributed by atoms with Gasteiger partial charge in [0.15, 0.2) is 0 Å². The van der Waals surface area contributed by atoms with Crippen LogP contribution in [0.5, 0.6) is 5.75 Å². The maximum atomic E-state index is 12.5. The van der Waals surface area contributed by atoms with E-state index in [9.17, 15) is 4.79 Å². The molecule has 1 aromatic heterocycles. The molecule has 0 saturated carbocycles. The third-order valence-electron chi connectivity index (χ3n) is 6.18. The minimum Gasteiger partial charge on any atom is -0.496 e. The van der Waals surface area contributed by atoms with E-state index in [2.05, 4.69) is 33.8 Å². The van der Waals surface area contributed by atoms with Crippen molar-refractivity contribution in [2.75, 3.05) is 49.8 Å². The van der Waals surface area contributed by atoms with Crippen LogP contribution >= 0.6 is 0 Å². The lowest BCUT2D eigenvalue weighted by Crippen LogP contribution is -2.41. The van der Waals surface area contributed by atoms with Crippen LogP contribution in [0.3, 0.4) is 0 Å². The van der Waals surface area contributed by atoms with Gasteiger partial charge in [0, 0.05) is 31.7 Å². The second-order valence-corrected chi connectivity index (χ2v) is 8.37. The number of benzene rings is 1. The molecule has 30 heavy (non-hydrogen) atoms. The highest BCUT2D eigenvalue weighted by atomic mass is 16.5. The molecule has 0 bridgehead atoms. The number of methoxy groups -OCH3 is 1. The van der Waals surface area contributed by atoms with Crippen molar-refractivity contribution in [3.63, 3.8) is 0 Å². The highest BCUT2D eigenvalue weighted by Gasteiger charge is 2.28. The Labute approximate surface area is 178 Å². The SMILES string of the molecule is COc1ccccc1C[C@H]1C[C@@H](C)CCCN1c1nc(N2CCOCC2)cc(=O)[nH]1. The van der Waals surface area contributed by atoms with Crippen LogP contribution in [0.2, 0.25) is 0 Å². The first-order valence-corrected chi connectivity index (χ1v) is 11.0. The van der Waals surface area contributed by atoms with Gasteiger partial charge in [0.05, 0.1) is 20.3 Å². The summed E-state index contributed by atoms with van der Waals surface area (Å²) in [5.41, 5.74) is 1.09. The summed E-state index contributed by atoms with van der Waals surface area (Å²) < 4.78 is 11.0. The molecule has 1 N–H and O–H groups in total. The molecule has 7 nitrogen and oxygen atoms in total. The molecule has 0 unspecified atom stereocenters. The van der Waals surface area contributed by atoms with Crippen molar-refractivity contribution in [1.29, 1.82) is 0 Å². The van der Waals surface area contributed by atoms with Crippen molar-refractivity contribution in [3.8, 4) is 5.75 Å². The molecule has 2 fully saturated rings. The molecule has 2 aliphatic rings. The fourth-order valence-electron chi connectivity index (χ4n) is 4.62. The summed E-state index contributed by atoms with van der Waals surface area (Å²) in [6.45, 7) is 6.07. The Morgan fingerprint density at radius 3 is 2.83 bits per heavy atom. The molecule has 2 atom stereocenters. The summed E-state index contributed by atoms with van der Waals surface area (Å²) in [5.74, 6) is 2.96. The highest BCUT2D eigenvalue weighted by molar-refractivity contribution is 5.45. The lowest BCUT2D eigenvalue weighted by atomic mass is 9.94. The quantitative estimate of drug-likeness (QED) is 0.814. The van der Waals surface area contributed by atoms with Crippen LogP contribution in [-0.2, 0) is 11.2 Å². The third kappa shape index (κ3) is 4.78. The number of rotatable bonds is 5. The first-order chi connectivity index (χ1) is 14.6. The van der Waals surface area contributed by atoms with Gasteiger partial charge >= 0.3 is 0 Å². The molecule has 162 valence electrons. The number of hydrogen-bond acceptors (Lipinski definition) is 6. The highest BCUT2D eigenvalue weighted by Crippen LogP contribution is 2.30. The molecule has 2 aromatic rings. The van der Waals surface area contributed by atoms with Crippen LogP contribution in [0.4, 0.5) is 11.8 Å². The summed E-state index contributed by atoms with van der Waals surface area (Å²) >= 11 is 0. The van der Waals surface area contributed by atoms with Gasteiger partial charge in [-0.3, -0.25) is 9.78 Å². The number of nitrogens with zero attached hydrogens (tertiary/aromatic N) is 3. The number of anilines is 2. The smallest absolute Gasteiger partial charge is 0.254 e. The van der Waals surface area contributed by atoms with Crippen LogP contribution in [0, 0.1) is 5.92 Å². The normalized spacial score (nSPS) is 22.6. The number of H-pyrrole nitrogens is 1. The van der Waals surface area contributed by atoms with E-state index in [1.807, 2.05) is 12.1 Å². The maximum absolute atomic E-state index is 12.5. The van der Waals surface area contributed by atoms with Crippen molar-refractivity contribution < 1.29 is 9.47 Å². The predicted molar refractivity (Wildman–Crippen MR) is 119 cm³/mol. The molecule has 3 heterocycles. The Morgan fingerprint density at radius 1 is 1.23 bits per heavy atom. The van der Waals surface area contributed by atoms with Crippen LogP contribution in [0.1, 0.15) is 31.7 Å². The number of morpholine rings is 1. The first kappa shape index (κ1) is 20.7. The number of hydrogen-bond donors (Lipinski definition) is 1. The zero-order chi connectivity index (χ0) is 20.9. The number of para-hydroxylation sites is 1. The molecule has 2 saturated heterocycles. The van der Waals surface area contributed by atoms with E-state index in [1.165, 1.54) is 12.0 Å². The first-order valence-electron chi connectivity index (χ1n) is 11.0. The van der Waals surface area contributed by atoms with E-state index in [0.29, 0.717) is 25.1 Å². The zero-order valence-corrected chi connectivity index (χ0v) is 18.0. The fraction of sp³-hybridized carbons (Fsp3) is 0.565. The topological polar surface area (TPSA) is 70.7 Å². The molecule has 0 spiro atoms. The van der Waals surface area contributed by atoms with Crippen LogP contribution in [0.15, 0.2) is 35.1 Å². The Balaban J connectivity index is 1.65. The van der Waals surface area contributed by atoms with Gasteiger partial charge in [-0.2, -0.15) is 4.98 Å². The van der Waals surface area contributed by atoms with E-state index in [1.54, 1.807) is 13.2 Å². The average molecular weight is 413 g/mol. The van der Waals surface area contributed by atoms with Gasteiger partial charge in [0.1, 0.15) is 11.6 Å². The minimum atomic E-state index is -0.102. The average Bonchev–Trinajstić information content (AvgIpc) is 2.95. The molecule has 0 amide bonds. The van der Waals surface area contributed by atoms with E-state index >= 15 is 0 Å². The van der Waals surface area contributed by atoms with Crippen molar-refractivity contribution in [2.24, 2.45) is 5.92 Å². The molecule has 7 heteroatoms. The summed E-state index contributed by atoms with van der Waals surface area (Å²) in [4.78, 5) is 24.9. The Morgan fingerprint density at radius 2 is 2.03 bits per heavy atom.